The first-order chi connectivity index (χ1) is 14.3. The Hall–Kier alpha value is -2.22. The molecule has 0 bridgehead atoms. The Labute approximate surface area is 176 Å². The molecular formula is C21H29N5O2S. The fourth-order valence-electron chi connectivity index (χ4n) is 4.06. The number of rotatable bonds is 8. The summed E-state index contributed by atoms with van der Waals surface area (Å²) in [6.07, 6.45) is 10.7. The van der Waals surface area contributed by atoms with Crippen molar-refractivity contribution in [1.82, 2.24) is 19.7 Å². The predicted molar refractivity (Wildman–Crippen MR) is 114 cm³/mol. The molecule has 0 spiro atoms. The van der Waals surface area contributed by atoms with Crippen molar-refractivity contribution in [2.45, 2.75) is 57.1 Å². The molecule has 3 heterocycles. The minimum absolute atomic E-state index is 0.137. The molecule has 156 valence electrons. The Morgan fingerprint density at radius 2 is 2.10 bits per heavy atom. The van der Waals surface area contributed by atoms with Crippen molar-refractivity contribution >= 4 is 23.6 Å². The van der Waals surface area contributed by atoms with Crippen LogP contribution in [0.5, 0.6) is 0 Å². The third kappa shape index (κ3) is 4.69. The zero-order chi connectivity index (χ0) is 20.1. The fraction of sp³-hybridized carbons (Fsp3) is 0.571. The average Bonchev–Trinajstić information content (AvgIpc) is 3.51. The Bertz CT molecular complexity index is 839. The summed E-state index contributed by atoms with van der Waals surface area (Å²) in [4.78, 5) is 17.1. The van der Waals surface area contributed by atoms with Crippen LogP contribution in [-0.2, 0) is 11.3 Å². The Kier molecular flexibility index (Phi) is 6.59. The maximum Gasteiger partial charge on any atom is 0.237 e. The van der Waals surface area contributed by atoms with Gasteiger partial charge < -0.3 is 14.2 Å². The smallest absolute Gasteiger partial charge is 0.237 e. The van der Waals surface area contributed by atoms with Crippen LogP contribution >= 0.6 is 11.8 Å². The number of anilines is 1. The van der Waals surface area contributed by atoms with Crippen molar-refractivity contribution in [1.29, 1.82) is 0 Å². The van der Waals surface area contributed by atoms with Crippen molar-refractivity contribution in [3.8, 4) is 0 Å². The molecule has 0 saturated carbocycles. The topological polar surface area (TPSA) is 67.4 Å². The highest BCUT2D eigenvalue weighted by atomic mass is 32.2. The van der Waals surface area contributed by atoms with E-state index in [-0.39, 0.29) is 5.91 Å². The molecule has 7 nitrogen and oxygen atoms in total. The number of aromatic nitrogens is 3. The van der Waals surface area contributed by atoms with Crippen molar-refractivity contribution in [3.63, 3.8) is 0 Å². The van der Waals surface area contributed by atoms with Crippen LogP contribution in [0.4, 0.5) is 5.95 Å². The molecule has 2 aliphatic rings. The molecule has 4 rings (SSSR count). The Morgan fingerprint density at radius 3 is 2.79 bits per heavy atom. The molecule has 0 atom stereocenters. The number of carbonyl (C=O) groups is 1. The number of nitrogens with zero attached hydrogens (tertiary/aromatic N) is 5. The Balaban J connectivity index is 1.50. The molecule has 0 radical (unpaired) electrons. The number of hydrogen-bond acceptors (Lipinski definition) is 6. The van der Waals surface area contributed by atoms with Gasteiger partial charge in [-0.25, -0.2) is 0 Å². The lowest BCUT2D eigenvalue weighted by Crippen LogP contribution is -2.32. The zero-order valence-electron chi connectivity index (χ0n) is 17.0. The lowest BCUT2D eigenvalue weighted by atomic mass is 10.1. The summed E-state index contributed by atoms with van der Waals surface area (Å²) in [5.41, 5.74) is 1.17. The number of thioether (sulfide) groups is 1. The van der Waals surface area contributed by atoms with Crippen LogP contribution in [0.3, 0.4) is 0 Å². The molecule has 0 unspecified atom stereocenters. The van der Waals surface area contributed by atoms with Gasteiger partial charge in [0.1, 0.15) is 5.76 Å². The van der Waals surface area contributed by atoms with Crippen molar-refractivity contribution in [3.05, 3.63) is 35.9 Å². The summed E-state index contributed by atoms with van der Waals surface area (Å²) in [5, 5.41) is 9.68. The number of allylic oxidation sites excluding steroid dienone is 2. The molecule has 1 saturated heterocycles. The van der Waals surface area contributed by atoms with Crippen LogP contribution in [0.1, 0.15) is 51.2 Å². The van der Waals surface area contributed by atoms with Gasteiger partial charge in [-0.05, 0) is 57.6 Å². The lowest BCUT2D eigenvalue weighted by molar-refractivity contribution is -0.126. The van der Waals surface area contributed by atoms with Crippen molar-refractivity contribution in [2.24, 2.45) is 0 Å². The second-order valence-electron chi connectivity index (χ2n) is 7.51. The van der Waals surface area contributed by atoms with E-state index in [4.69, 9.17) is 4.42 Å². The van der Waals surface area contributed by atoms with Crippen LogP contribution in [0.2, 0.25) is 0 Å². The molecule has 0 aromatic carbocycles. The second kappa shape index (κ2) is 9.52. The van der Waals surface area contributed by atoms with Gasteiger partial charge in [0.25, 0.3) is 0 Å². The maximum atomic E-state index is 12.8. The van der Waals surface area contributed by atoms with Gasteiger partial charge in [0.15, 0.2) is 5.16 Å². The van der Waals surface area contributed by atoms with Gasteiger partial charge in [-0.15, -0.1) is 10.2 Å². The molecular weight excluding hydrogens is 386 g/mol. The van der Waals surface area contributed by atoms with Crippen LogP contribution in [0, 0.1) is 0 Å². The van der Waals surface area contributed by atoms with Gasteiger partial charge in [0.2, 0.25) is 11.9 Å². The van der Waals surface area contributed by atoms with Crippen molar-refractivity contribution < 1.29 is 9.21 Å². The molecule has 1 fully saturated rings. The summed E-state index contributed by atoms with van der Waals surface area (Å²) in [6, 6.07) is 3.86. The SMILES string of the molecule is CCN(C(=O)CSc1nnc(N2CCCCC2)n1Cc1ccco1)C1=CCCC1. The second-order valence-corrected chi connectivity index (χ2v) is 8.45. The standard InChI is InChI=1S/C21H29N5O2S/c1-2-25(17-9-4-5-10-17)19(27)16-29-21-23-22-20(24-12-6-3-7-13-24)26(21)15-18-11-8-14-28-18/h8-9,11,14H,2-7,10,12-13,15-16H2,1H3. The highest BCUT2D eigenvalue weighted by Crippen LogP contribution is 2.27. The molecule has 29 heavy (non-hydrogen) atoms. The third-order valence-electron chi connectivity index (χ3n) is 5.54. The minimum atomic E-state index is 0.137. The van der Waals surface area contributed by atoms with E-state index in [0.29, 0.717) is 18.8 Å². The number of hydrogen-bond donors (Lipinski definition) is 0. The number of piperidine rings is 1. The summed E-state index contributed by atoms with van der Waals surface area (Å²) < 4.78 is 7.66. The molecule has 2 aromatic rings. The van der Waals surface area contributed by atoms with E-state index in [2.05, 4.69) is 25.7 Å². The van der Waals surface area contributed by atoms with Gasteiger partial charge in [-0.3, -0.25) is 9.36 Å². The van der Waals surface area contributed by atoms with E-state index >= 15 is 0 Å². The van der Waals surface area contributed by atoms with E-state index in [1.165, 1.54) is 36.7 Å². The summed E-state index contributed by atoms with van der Waals surface area (Å²) in [6.45, 7) is 5.32. The van der Waals surface area contributed by atoms with Gasteiger partial charge in [0, 0.05) is 25.3 Å². The minimum Gasteiger partial charge on any atom is -0.467 e. The number of carbonyl (C=O) groups excluding carboxylic acids is 1. The van der Waals surface area contributed by atoms with E-state index in [1.54, 1.807) is 6.26 Å². The van der Waals surface area contributed by atoms with E-state index in [9.17, 15) is 4.79 Å². The molecule has 1 amide bonds. The first kappa shape index (κ1) is 20.1. The number of furan rings is 1. The normalized spacial score (nSPS) is 16.9. The first-order valence-corrected chi connectivity index (χ1v) is 11.6. The van der Waals surface area contributed by atoms with E-state index in [0.717, 1.165) is 49.2 Å². The van der Waals surface area contributed by atoms with E-state index < -0.39 is 0 Å². The molecule has 1 aliphatic heterocycles. The van der Waals surface area contributed by atoms with Crippen molar-refractivity contribution in [2.75, 3.05) is 30.3 Å². The third-order valence-corrected chi connectivity index (χ3v) is 6.49. The maximum absolute atomic E-state index is 12.8. The summed E-state index contributed by atoms with van der Waals surface area (Å²) in [7, 11) is 0. The van der Waals surface area contributed by atoms with E-state index in [1.807, 2.05) is 24.0 Å². The average molecular weight is 416 g/mol. The zero-order valence-corrected chi connectivity index (χ0v) is 17.9. The molecule has 2 aromatic heterocycles. The molecule has 0 N–H and O–H groups in total. The largest absolute Gasteiger partial charge is 0.467 e. The molecule has 1 aliphatic carbocycles. The van der Waals surface area contributed by atoms with Crippen LogP contribution < -0.4 is 4.90 Å². The Morgan fingerprint density at radius 1 is 1.24 bits per heavy atom. The first-order valence-electron chi connectivity index (χ1n) is 10.6. The lowest BCUT2D eigenvalue weighted by Gasteiger charge is -2.27. The highest BCUT2D eigenvalue weighted by molar-refractivity contribution is 7.99. The summed E-state index contributed by atoms with van der Waals surface area (Å²) >= 11 is 1.47. The quantitative estimate of drug-likeness (QED) is 0.609. The highest BCUT2D eigenvalue weighted by Gasteiger charge is 2.23. The van der Waals surface area contributed by atoms with Gasteiger partial charge in [0.05, 0.1) is 18.6 Å². The van der Waals surface area contributed by atoms with Gasteiger partial charge in [-0.1, -0.05) is 17.8 Å². The fourth-order valence-corrected chi connectivity index (χ4v) is 4.86. The number of amides is 1. The van der Waals surface area contributed by atoms with Gasteiger partial charge >= 0.3 is 0 Å². The van der Waals surface area contributed by atoms with Crippen LogP contribution in [-0.4, -0.2) is 51.0 Å². The predicted octanol–water partition coefficient (Wildman–Crippen LogP) is 3.92. The van der Waals surface area contributed by atoms with Crippen LogP contribution in [0.25, 0.3) is 0 Å². The van der Waals surface area contributed by atoms with Crippen LogP contribution in [0.15, 0.2) is 39.7 Å². The molecule has 8 heteroatoms. The van der Waals surface area contributed by atoms with Gasteiger partial charge in [-0.2, -0.15) is 0 Å². The monoisotopic (exact) mass is 415 g/mol. The summed E-state index contributed by atoms with van der Waals surface area (Å²) in [5.74, 6) is 2.24.